The van der Waals surface area contributed by atoms with Gasteiger partial charge in [-0.3, -0.25) is 9.59 Å². The van der Waals surface area contributed by atoms with Crippen molar-refractivity contribution in [3.8, 4) is 0 Å². The molecule has 1 amide bonds. The van der Waals surface area contributed by atoms with Crippen LogP contribution in [0.1, 0.15) is 18.5 Å². The molecule has 0 unspecified atom stereocenters. The van der Waals surface area contributed by atoms with Crippen molar-refractivity contribution in [2.45, 2.75) is 19.4 Å². The first-order valence-electron chi connectivity index (χ1n) is 4.36. The number of H-pyrrole nitrogens is 1. The van der Waals surface area contributed by atoms with E-state index in [1.54, 1.807) is 5.38 Å². The first-order chi connectivity index (χ1) is 6.72. The van der Waals surface area contributed by atoms with Gasteiger partial charge < -0.3 is 16.0 Å². The van der Waals surface area contributed by atoms with Gasteiger partial charge in [-0.05, 0) is 13.0 Å². The molecule has 6 heteroatoms. The zero-order valence-electron chi connectivity index (χ0n) is 7.71. The van der Waals surface area contributed by atoms with Crippen LogP contribution in [0.5, 0.6) is 0 Å². The summed E-state index contributed by atoms with van der Waals surface area (Å²) in [5.74, 6) is -0.0394. The quantitative estimate of drug-likeness (QED) is 0.635. The largest absolute Gasteiger partial charge is 0.351 e. The Morgan fingerprint density at radius 1 is 1.64 bits per heavy atom. The Morgan fingerprint density at radius 2 is 2.43 bits per heavy atom. The van der Waals surface area contributed by atoms with Crippen molar-refractivity contribution in [1.82, 2.24) is 10.3 Å². The van der Waals surface area contributed by atoms with E-state index in [1.165, 1.54) is 0 Å². The van der Waals surface area contributed by atoms with Crippen LogP contribution >= 0.6 is 11.3 Å². The second kappa shape index (κ2) is 5.56. The number of thiazole rings is 1. The molecule has 14 heavy (non-hydrogen) atoms. The third-order valence-electron chi connectivity index (χ3n) is 1.65. The Balaban J connectivity index is 2.27. The standard InChI is InChI=1S/C8H13N3O2S/c9-3-1-2-7(12)10-4-6-5-14-8(13)11-6/h5H,1-4,9H2,(H,10,12)(H,11,13). The third kappa shape index (κ3) is 3.71. The van der Waals surface area contributed by atoms with Crippen molar-refractivity contribution in [2.24, 2.45) is 5.73 Å². The summed E-state index contributed by atoms with van der Waals surface area (Å²) in [4.78, 5) is 24.4. The summed E-state index contributed by atoms with van der Waals surface area (Å²) < 4.78 is 0. The normalized spacial score (nSPS) is 10.1. The average molecular weight is 215 g/mol. The molecular weight excluding hydrogens is 202 g/mol. The summed E-state index contributed by atoms with van der Waals surface area (Å²) in [7, 11) is 0. The fourth-order valence-corrected chi connectivity index (χ4v) is 1.53. The van der Waals surface area contributed by atoms with Crippen LogP contribution < -0.4 is 15.9 Å². The van der Waals surface area contributed by atoms with Gasteiger partial charge in [-0.25, -0.2) is 0 Å². The maximum absolute atomic E-state index is 11.1. The Bertz CT molecular complexity index is 344. The molecule has 0 aliphatic rings. The zero-order valence-corrected chi connectivity index (χ0v) is 8.52. The summed E-state index contributed by atoms with van der Waals surface area (Å²) in [6.45, 7) is 0.894. The molecule has 1 heterocycles. The van der Waals surface area contributed by atoms with Gasteiger partial charge in [-0.15, -0.1) is 0 Å². The van der Waals surface area contributed by atoms with Gasteiger partial charge >= 0.3 is 4.87 Å². The number of nitrogens with one attached hydrogen (secondary N) is 2. The maximum atomic E-state index is 11.1. The lowest BCUT2D eigenvalue weighted by molar-refractivity contribution is -0.121. The Hall–Kier alpha value is -1.14. The predicted molar refractivity (Wildman–Crippen MR) is 55.1 cm³/mol. The lowest BCUT2D eigenvalue weighted by Crippen LogP contribution is -2.23. The van der Waals surface area contributed by atoms with Crippen LogP contribution in [0, 0.1) is 0 Å². The van der Waals surface area contributed by atoms with Crippen LogP contribution in [-0.2, 0) is 11.3 Å². The molecule has 0 spiro atoms. The monoisotopic (exact) mass is 215 g/mol. The molecule has 1 rings (SSSR count). The molecule has 1 aromatic rings. The number of carbonyl (C=O) groups excluding carboxylic acids is 1. The van der Waals surface area contributed by atoms with Crippen LogP contribution in [0.15, 0.2) is 10.2 Å². The van der Waals surface area contributed by atoms with Crippen molar-refractivity contribution >= 4 is 17.2 Å². The van der Waals surface area contributed by atoms with Crippen molar-refractivity contribution in [3.05, 3.63) is 20.7 Å². The second-order valence-electron chi connectivity index (χ2n) is 2.84. The number of aromatic nitrogens is 1. The van der Waals surface area contributed by atoms with E-state index in [1.807, 2.05) is 0 Å². The van der Waals surface area contributed by atoms with Gasteiger partial charge in [0.15, 0.2) is 0 Å². The zero-order chi connectivity index (χ0) is 10.4. The van der Waals surface area contributed by atoms with Crippen LogP contribution in [0.2, 0.25) is 0 Å². The Morgan fingerprint density at radius 3 is 3.00 bits per heavy atom. The highest BCUT2D eigenvalue weighted by molar-refractivity contribution is 7.07. The van der Waals surface area contributed by atoms with Gasteiger partial charge in [0.1, 0.15) is 0 Å². The van der Waals surface area contributed by atoms with E-state index in [-0.39, 0.29) is 10.8 Å². The summed E-state index contributed by atoms with van der Waals surface area (Å²) in [6, 6.07) is 0. The highest BCUT2D eigenvalue weighted by atomic mass is 32.1. The topological polar surface area (TPSA) is 88.0 Å². The van der Waals surface area contributed by atoms with Gasteiger partial charge in [0.2, 0.25) is 5.91 Å². The van der Waals surface area contributed by atoms with E-state index in [4.69, 9.17) is 5.73 Å². The van der Waals surface area contributed by atoms with Crippen molar-refractivity contribution in [3.63, 3.8) is 0 Å². The fraction of sp³-hybridized carbons (Fsp3) is 0.500. The molecule has 0 fully saturated rings. The van der Waals surface area contributed by atoms with Crippen LogP contribution in [0.4, 0.5) is 0 Å². The smallest absolute Gasteiger partial charge is 0.304 e. The van der Waals surface area contributed by atoms with Gasteiger partial charge in [0.05, 0.1) is 6.54 Å². The van der Waals surface area contributed by atoms with Gasteiger partial charge in [-0.1, -0.05) is 11.3 Å². The highest BCUT2D eigenvalue weighted by Gasteiger charge is 2.01. The predicted octanol–water partition coefficient (Wildman–Crippen LogP) is -0.208. The highest BCUT2D eigenvalue weighted by Crippen LogP contribution is 1.95. The molecule has 0 atom stereocenters. The number of aromatic amines is 1. The van der Waals surface area contributed by atoms with E-state index in [0.29, 0.717) is 25.9 Å². The summed E-state index contributed by atoms with van der Waals surface area (Å²) in [5, 5.41) is 4.39. The molecule has 0 radical (unpaired) electrons. The second-order valence-corrected chi connectivity index (χ2v) is 3.68. The van der Waals surface area contributed by atoms with Gasteiger partial charge in [-0.2, -0.15) is 0 Å². The third-order valence-corrected chi connectivity index (χ3v) is 2.37. The first-order valence-corrected chi connectivity index (χ1v) is 5.24. The molecular formula is C8H13N3O2S. The molecule has 0 bridgehead atoms. The number of amides is 1. The lowest BCUT2D eigenvalue weighted by atomic mass is 10.3. The van der Waals surface area contributed by atoms with Crippen LogP contribution in [0.25, 0.3) is 0 Å². The van der Waals surface area contributed by atoms with Crippen LogP contribution in [-0.4, -0.2) is 17.4 Å². The minimum atomic E-state index is -0.101. The van der Waals surface area contributed by atoms with Crippen molar-refractivity contribution in [1.29, 1.82) is 0 Å². The van der Waals surface area contributed by atoms with E-state index >= 15 is 0 Å². The first kappa shape index (κ1) is 10.9. The van der Waals surface area contributed by atoms with Gasteiger partial charge in [0.25, 0.3) is 0 Å². The SMILES string of the molecule is NCCCC(=O)NCc1csc(=O)[nH]1. The lowest BCUT2D eigenvalue weighted by Gasteiger charge is -2.01. The van der Waals surface area contributed by atoms with Crippen molar-refractivity contribution < 1.29 is 4.79 Å². The maximum Gasteiger partial charge on any atom is 0.304 e. The molecule has 0 aromatic carbocycles. The number of rotatable bonds is 5. The van der Waals surface area contributed by atoms with E-state index in [2.05, 4.69) is 10.3 Å². The Labute approximate surface area is 85.3 Å². The molecule has 78 valence electrons. The number of nitrogens with two attached hydrogens (primary N) is 1. The molecule has 1 aromatic heterocycles. The molecule has 0 aliphatic carbocycles. The summed E-state index contributed by atoms with van der Waals surface area (Å²) in [5.41, 5.74) is 6.00. The molecule has 0 saturated heterocycles. The minimum Gasteiger partial charge on any atom is -0.351 e. The van der Waals surface area contributed by atoms with Crippen LogP contribution in [0.3, 0.4) is 0 Å². The average Bonchev–Trinajstić information content (AvgIpc) is 2.58. The fourth-order valence-electron chi connectivity index (χ4n) is 0.945. The summed E-state index contributed by atoms with van der Waals surface area (Å²) in [6.07, 6.45) is 1.12. The minimum absolute atomic E-state index is 0.0394. The number of hydrogen-bond acceptors (Lipinski definition) is 4. The molecule has 5 nitrogen and oxygen atoms in total. The van der Waals surface area contributed by atoms with Crippen molar-refractivity contribution in [2.75, 3.05) is 6.54 Å². The van der Waals surface area contributed by atoms with E-state index in [9.17, 15) is 9.59 Å². The molecule has 0 saturated carbocycles. The molecule has 0 aliphatic heterocycles. The van der Waals surface area contributed by atoms with E-state index < -0.39 is 0 Å². The van der Waals surface area contributed by atoms with E-state index in [0.717, 1.165) is 17.0 Å². The molecule has 4 N–H and O–H groups in total. The summed E-state index contributed by atoms with van der Waals surface area (Å²) >= 11 is 1.09. The van der Waals surface area contributed by atoms with Gasteiger partial charge in [0, 0.05) is 17.5 Å². The number of carbonyl (C=O) groups is 1. The Kier molecular flexibility index (Phi) is 4.34. The number of hydrogen-bond donors (Lipinski definition) is 3.